The van der Waals surface area contributed by atoms with Gasteiger partial charge in [0.25, 0.3) is 0 Å². The Hall–Kier alpha value is -1.32. The fourth-order valence-electron chi connectivity index (χ4n) is 0.953. The monoisotopic (exact) mass is 164 g/mol. The van der Waals surface area contributed by atoms with E-state index >= 15 is 0 Å². The summed E-state index contributed by atoms with van der Waals surface area (Å²) in [5.41, 5.74) is 4.39. The molecular weight excluding hydrogens is 152 g/mol. The summed E-state index contributed by atoms with van der Waals surface area (Å²) in [6.07, 6.45) is 3.48. The second kappa shape index (κ2) is 4.54. The Morgan fingerprint density at radius 2 is 2.17 bits per heavy atom. The number of para-hydroxylation sites is 1. The first kappa shape index (κ1) is 8.77. The fourth-order valence-corrected chi connectivity index (χ4v) is 0.953. The predicted octanol–water partition coefficient (Wildman–Crippen LogP) is 0.978. The minimum absolute atomic E-state index is 0.0406. The van der Waals surface area contributed by atoms with Crippen molar-refractivity contribution in [1.29, 1.82) is 0 Å². The Balaban J connectivity index is 2.89. The van der Waals surface area contributed by atoms with Crippen LogP contribution >= 0.6 is 0 Å². The standard InChI is InChI=1S/C9H12N2O/c10-11-9-6-2-1-4-8(9)5-3-7-12/h1-6,11-12H,7,10H2. The lowest BCUT2D eigenvalue weighted by atomic mass is 10.1. The van der Waals surface area contributed by atoms with Crippen LogP contribution in [0.2, 0.25) is 0 Å². The lowest BCUT2D eigenvalue weighted by Gasteiger charge is -2.02. The van der Waals surface area contributed by atoms with Crippen molar-refractivity contribution in [3.8, 4) is 0 Å². The smallest absolute Gasteiger partial charge is 0.0615 e. The van der Waals surface area contributed by atoms with Gasteiger partial charge in [0, 0.05) is 0 Å². The van der Waals surface area contributed by atoms with Gasteiger partial charge in [-0.25, -0.2) is 0 Å². The first-order valence-corrected chi connectivity index (χ1v) is 3.71. The van der Waals surface area contributed by atoms with Crippen LogP contribution in [0.5, 0.6) is 0 Å². The SMILES string of the molecule is NNc1ccccc1C=CCO. The van der Waals surface area contributed by atoms with Gasteiger partial charge in [0.1, 0.15) is 0 Å². The zero-order valence-corrected chi connectivity index (χ0v) is 6.70. The molecule has 0 bridgehead atoms. The first-order chi connectivity index (χ1) is 5.88. The van der Waals surface area contributed by atoms with Crippen molar-refractivity contribution in [2.45, 2.75) is 0 Å². The lowest BCUT2D eigenvalue weighted by Crippen LogP contribution is -2.07. The maximum atomic E-state index is 8.55. The van der Waals surface area contributed by atoms with Gasteiger partial charge in [-0.3, -0.25) is 5.84 Å². The van der Waals surface area contributed by atoms with Crippen LogP contribution in [0.3, 0.4) is 0 Å². The number of hydrazine groups is 1. The van der Waals surface area contributed by atoms with E-state index in [1.54, 1.807) is 6.08 Å². The van der Waals surface area contributed by atoms with Gasteiger partial charge in [0.05, 0.1) is 12.3 Å². The summed E-state index contributed by atoms with van der Waals surface area (Å²) in [4.78, 5) is 0. The number of hydrogen-bond acceptors (Lipinski definition) is 3. The summed E-state index contributed by atoms with van der Waals surface area (Å²) in [6, 6.07) is 7.60. The molecule has 3 nitrogen and oxygen atoms in total. The summed E-state index contributed by atoms with van der Waals surface area (Å²) in [7, 11) is 0. The highest BCUT2D eigenvalue weighted by molar-refractivity contribution is 5.65. The molecule has 4 N–H and O–H groups in total. The molecule has 0 amide bonds. The Morgan fingerprint density at radius 1 is 1.42 bits per heavy atom. The third-order valence-electron chi connectivity index (χ3n) is 1.52. The van der Waals surface area contributed by atoms with E-state index in [0.717, 1.165) is 11.3 Å². The number of nitrogen functional groups attached to an aromatic ring is 1. The predicted molar refractivity (Wildman–Crippen MR) is 50.4 cm³/mol. The van der Waals surface area contributed by atoms with Crippen molar-refractivity contribution in [3.63, 3.8) is 0 Å². The van der Waals surface area contributed by atoms with E-state index in [4.69, 9.17) is 10.9 Å². The van der Waals surface area contributed by atoms with Crippen LogP contribution < -0.4 is 11.3 Å². The number of nitrogens with two attached hydrogens (primary N) is 1. The Morgan fingerprint density at radius 3 is 2.83 bits per heavy atom. The van der Waals surface area contributed by atoms with Gasteiger partial charge in [-0.15, -0.1) is 0 Å². The Labute approximate surface area is 71.5 Å². The van der Waals surface area contributed by atoms with Crippen LogP contribution in [0.25, 0.3) is 6.08 Å². The number of benzene rings is 1. The largest absolute Gasteiger partial charge is 0.392 e. The van der Waals surface area contributed by atoms with Gasteiger partial charge >= 0.3 is 0 Å². The van der Waals surface area contributed by atoms with Crippen molar-refractivity contribution in [2.75, 3.05) is 12.0 Å². The molecule has 0 atom stereocenters. The van der Waals surface area contributed by atoms with Crippen LogP contribution in [-0.4, -0.2) is 11.7 Å². The Kier molecular flexibility index (Phi) is 3.32. The van der Waals surface area contributed by atoms with Gasteiger partial charge in [-0.1, -0.05) is 30.4 Å². The molecule has 0 saturated heterocycles. The molecule has 0 aliphatic rings. The zero-order chi connectivity index (χ0) is 8.81. The van der Waals surface area contributed by atoms with Crippen LogP contribution in [0.4, 0.5) is 5.69 Å². The second-order valence-corrected chi connectivity index (χ2v) is 2.32. The highest BCUT2D eigenvalue weighted by atomic mass is 16.2. The average molecular weight is 164 g/mol. The van der Waals surface area contributed by atoms with Crippen LogP contribution in [0.1, 0.15) is 5.56 Å². The molecule has 64 valence electrons. The van der Waals surface area contributed by atoms with Crippen molar-refractivity contribution in [1.82, 2.24) is 0 Å². The molecule has 1 aromatic rings. The molecule has 3 heteroatoms. The van der Waals surface area contributed by atoms with E-state index in [1.165, 1.54) is 0 Å². The lowest BCUT2D eigenvalue weighted by molar-refractivity contribution is 0.343. The van der Waals surface area contributed by atoms with Crippen molar-refractivity contribution in [2.24, 2.45) is 5.84 Å². The molecule has 1 rings (SSSR count). The average Bonchev–Trinajstić information content (AvgIpc) is 2.15. The van der Waals surface area contributed by atoms with E-state index in [0.29, 0.717) is 0 Å². The van der Waals surface area contributed by atoms with Crippen molar-refractivity contribution < 1.29 is 5.11 Å². The molecule has 0 radical (unpaired) electrons. The second-order valence-electron chi connectivity index (χ2n) is 2.32. The van der Waals surface area contributed by atoms with Crippen molar-refractivity contribution in [3.05, 3.63) is 35.9 Å². The summed E-state index contributed by atoms with van der Waals surface area (Å²) in [5, 5.41) is 8.55. The van der Waals surface area contributed by atoms with E-state index in [1.807, 2.05) is 30.3 Å². The molecule has 0 fully saturated rings. The molecule has 0 saturated carbocycles. The topological polar surface area (TPSA) is 58.3 Å². The summed E-state index contributed by atoms with van der Waals surface area (Å²) in [5.74, 6) is 5.28. The van der Waals surface area contributed by atoms with Gasteiger partial charge in [-0.05, 0) is 11.6 Å². The molecule has 0 aromatic heterocycles. The molecule has 1 aromatic carbocycles. The number of hydrogen-bond donors (Lipinski definition) is 3. The molecule has 0 aliphatic heterocycles. The highest BCUT2D eigenvalue weighted by Crippen LogP contribution is 2.14. The van der Waals surface area contributed by atoms with E-state index < -0.39 is 0 Å². The van der Waals surface area contributed by atoms with E-state index in [2.05, 4.69) is 5.43 Å². The molecule has 0 unspecified atom stereocenters. The normalized spacial score (nSPS) is 10.5. The summed E-state index contributed by atoms with van der Waals surface area (Å²) in [6.45, 7) is 0.0406. The summed E-state index contributed by atoms with van der Waals surface area (Å²) < 4.78 is 0. The maximum Gasteiger partial charge on any atom is 0.0615 e. The molecule has 12 heavy (non-hydrogen) atoms. The fraction of sp³-hybridized carbons (Fsp3) is 0.111. The quantitative estimate of drug-likeness (QED) is 0.461. The van der Waals surface area contributed by atoms with Gasteiger partial charge < -0.3 is 10.5 Å². The van der Waals surface area contributed by atoms with Crippen LogP contribution in [0.15, 0.2) is 30.3 Å². The highest BCUT2D eigenvalue weighted by Gasteiger charge is 1.93. The summed E-state index contributed by atoms with van der Waals surface area (Å²) >= 11 is 0. The number of aliphatic hydroxyl groups is 1. The molecule has 0 heterocycles. The van der Waals surface area contributed by atoms with Crippen molar-refractivity contribution >= 4 is 11.8 Å². The number of aliphatic hydroxyl groups excluding tert-OH is 1. The Bertz CT molecular complexity index is 271. The van der Waals surface area contributed by atoms with Gasteiger partial charge in [-0.2, -0.15) is 0 Å². The third-order valence-corrected chi connectivity index (χ3v) is 1.52. The maximum absolute atomic E-state index is 8.55. The van der Waals surface area contributed by atoms with E-state index in [-0.39, 0.29) is 6.61 Å². The van der Waals surface area contributed by atoms with E-state index in [9.17, 15) is 0 Å². The third kappa shape index (κ3) is 2.08. The van der Waals surface area contributed by atoms with Crippen LogP contribution in [-0.2, 0) is 0 Å². The van der Waals surface area contributed by atoms with Gasteiger partial charge in [0.2, 0.25) is 0 Å². The first-order valence-electron chi connectivity index (χ1n) is 3.71. The molecule has 0 aliphatic carbocycles. The molecular formula is C9H12N2O. The minimum Gasteiger partial charge on any atom is -0.392 e. The van der Waals surface area contributed by atoms with Crippen LogP contribution in [0, 0.1) is 0 Å². The van der Waals surface area contributed by atoms with Gasteiger partial charge in [0.15, 0.2) is 0 Å². The minimum atomic E-state index is 0.0406. The number of anilines is 1. The number of rotatable bonds is 3. The zero-order valence-electron chi connectivity index (χ0n) is 6.70. The molecule has 0 spiro atoms. The number of nitrogens with one attached hydrogen (secondary N) is 1.